The molecule has 1 atom stereocenters. The van der Waals surface area contributed by atoms with Gasteiger partial charge in [-0.15, -0.1) is 0 Å². The van der Waals surface area contributed by atoms with Crippen molar-refractivity contribution in [1.82, 2.24) is 0 Å². The van der Waals surface area contributed by atoms with E-state index in [1.165, 1.54) is 18.2 Å². The third-order valence-electron chi connectivity index (χ3n) is 3.03. The highest BCUT2D eigenvalue weighted by Crippen LogP contribution is 2.30. The van der Waals surface area contributed by atoms with Crippen LogP contribution in [0.1, 0.15) is 17.2 Å². The Morgan fingerprint density at radius 2 is 2.05 bits per heavy atom. The standard InChI is InChI=1S/C15H15BrClFN2/c1-9-2-4-11(12(16)6-9)15(8-19)20-14-7-10(18)3-5-13(14)17/h2-7,15,20H,8,19H2,1H3. The first-order valence-electron chi connectivity index (χ1n) is 6.19. The quantitative estimate of drug-likeness (QED) is 0.835. The topological polar surface area (TPSA) is 38.0 Å². The lowest BCUT2D eigenvalue weighted by atomic mass is 10.0. The molecule has 5 heteroatoms. The molecule has 20 heavy (non-hydrogen) atoms. The van der Waals surface area contributed by atoms with Gasteiger partial charge >= 0.3 is 0 Å². The van der Waals surface area contributed by atoms with Gasteiger partial charge in [-0.05, 0) is 42.3 Å². The van der Waals surface area contributed by atoms with Crippen molar-refractivity contribution in [2.24, 2.45) is 5.73 Å². The molecule has 1 unspecified atom stereocenters. The van der Waals surface area contributed by atoms with Crippen LogP contribution in [0, 0.1) is 12.7 Å². The molecule has 0 aliphatic carbocycles. The van der Waals surface area contributed by atoms with E-state index in [0.29, 0.717) is 17.3 Å². The van der Waals surface area contributed by atoms with Crippen LogP contribution in [0.25, 0.3) is 0 Å². The van der Waals surface area contributed by atoms with Crippen molar-refractivity contribution in [2.45, 2.75) is 13.0 Å². The zero-order chi connectivity index (χ0) is 14.7. The maximum Gasteiger partial charge on any atom is 0.125 e. The molecule has 0 aliphatic rings. The average molecular weight is 358 g/mol. The summed E-state index contributed by atoms with van der Waals surface area (Å²) in [5.41, 5.74) is 8.53. The Kier molecular flexibility index (Phi) is 5.02. The van der Waals surface area contributed by atoms with Crippen LogP contribution in [0.2, 0.25) is 5.02 Å². The summed E-state index contributed by atoms with van der Waals surface area (Å²) in [6.07, 6.45) is 0. The first-order chi connectivity index (χ1) is 9.51. The number of benzene rings is 2. The van der Waals surface area contributed by atoms with Crippen LogP contribution in [0.5, 0.6) is 0 Å². The van der Waals surface area contributed by atoms with Gasteiger partial charge in [-0.1, -0.05) is 39.7 Å². The second-order valence-electron chi connectivity index (χ2n) is 4.58. The van der Waals surface area contributed by atoms with Crippen LogP contribution < -0.4 is 11.1 Å². The zero-order valence-corrected chi connectivity index (χ0v) is 13.3. The highest BCUT2D eigenvalue weighted by atomic mass is 79.9. The fourth-order valence-corrected chi connectivity index (χ4v) is 2.92. The molecule has 0 fully saturated rings. The summed E-state index contributed by atoms with van der Waals surface area (Å²) in [4.78, 5) is 0. The van der Waals surface area contributed by atoms with Gasteiger partial charge in [0, 0.05) is 11.0 Å². The van der Waals surface area contributed by atoms with E-state index in [2.05, 4.69) is 21.2 Å². The number of hydrogen-bond donors (Lipinski definition) is 2. The van der Waals surface area contributed by atoms with Crippen molar-refractivity contribution < 1.29 is 4.39 Å². The minimum atomic E-state index is -0.337. The van der Waals surface area contributed by atoms with Crippen LogP contribution in [0.15, 0.2) is 40.9 Å². The highest BCUT2D eigenvalue weighted by molar-refractivity contribution is 9.10. The Labute approximate surface area is 131 Å². The van der Waals surface area contributed by atoms with Crippen molar-refractivity contribution >= 4 is 33.2 Å². The molecule has 0 amide bonds. The first-order valence-corrected chi connectivity index (χ1v) is 7.36. The lowest BCUT2D eigenvalue weighted by Crippen LogP contribution is -2.21. The van der Waals surface area contributed by atoms with Gasteiger partial charge in [0.05, 0.1) is 16.8 Å². The Morgan fingerprint density at radius 1 is 1.30 bits per heavy atom. The fourth-order valence-electron chi connectivity index (χ4n) is 1.97. The maximum absolute atomic E-state index is 13.3. The van der Waals surface area contributed by atoms with E-state index in [-0.39, 0.29) is 11.9 Å². The predicted molar refractivity (Wildman–Crippen MR) is 85.7 cm³/mol. The van der Waals surface area contributed by atoms with E-state index in [1.54, 1.807) is 0 Å². The van der Waals surface area contributed by atoms with Crippen molar-refractivity contribution in [3.05, 3.63) is 62.8 Å². The highest BCUT2D eigenvalue weighted by Gasteiger charge is 2.14. The molecule has 0 radical (unpaired) electrons. The molecule has 2 rings (SSSR count). The lowest BCUT2D eigenvalue weighted by molar-refractivity contribution is 0.627. The van der Waals surface area contributed by atoms with E-state index in [1.807, 2.05) is 25.1 Å². The first kappa shape index (κ1) is 15.3. The summed E-state index contributed by atoms with van der Waals surface area (Å²) in [6.45, 7) is 2.39. The molecule has 0 spiro atoms. The van der Waals surface area contributed by atoms with Gasteiger partial charge in [0.2, 0.25) is 0 Å². The van der Waals surface area contributed by atoms with E-state index in [4.69, 9.17) is 17.3 Å². The van der Waals surface area contributed by atoms with Gasteiger partial charge in [0.25, 0.3) is 0 Å². The molecule has 3 N–H and O–H groups in total. The second kappa shape index (κ2) is 6.57. The minimum absolute atomic E-state index is 0.149. The molecular formula is C15H15BrClFN2. The summed E-state index contributed by atoms with van der Waals surface area (Å²) < 4.78 is 14.3. The number of aryl methyl sites for hydroxylation is 1. The van der Waals surface area contributed by atoms with Crippen molar-refractivity contribution in [3.63, 3.8) is 0 Å². The molecule has 0 saturated carbocycles. The Bertz CT molecular complexity index is 619. The van der Waals surface area contributed by atoms with Gasteiger partial charge in [0.1, 0.15) is 5.82 Å². The van der Waals surface area contributed by atoms with Crippen LogP contribution in [0.3, 0.4) is 0 Å². The normalized spacial score (nSPS) is 12.2. The van der Waals surface area contributed by atoms with E-state index in [9.17, 15) is 4.39 Å². The minimum Gasteiger partial charge on any atom is -0.376 e. The molecule has 2 nitrogen and oxygen atoms in total. The molecule has 106 valence electrons. The Hall–Kier alpha value is -1.10. The number of halogens is 3. The van der Waals surface area contributed by atoms with Crippen LogP contribution in [0.4, 0.5) is 10.1 Å². The molecule has 0 aliphatic heterocycles. The monoisotopic (exact) mass is 356 g/mol. The van der Waals surface area contributed by atoms with Crippen molar-refractivity contribution in [2.75, 3.05) is 11.9 Å². The van der Waals surface area contributed by atoms with Crippen LogP contribution >= 0.6 is 27.5 Å². The molecule has 0 bridgehead atoms. The van der Waals surface area contributed by atoms with Gasteiger partial charge in [0.15, 0.2) is 0 Å². The van der Waals surface area contributed by atoms with Crippen molar-refractivity contribution in [3.8, 4) is 0 Å². The van der Waals surface area contributed by atoms with Gasteiger partial charge in [-0.2, -0.15) is 0 Å². The fraction of sp³-hybridized carbons (Fsp3) is 0.200. The molecule has 0 aromatic heterocycles. The van der Waals surface area contributed by atoms with Gasteiger partial charge in [-0.25, -0.2) is 4.39 Å². The van der Waals surface area contributed by atoms with E-state index < -0.39 is 0 Å². The summed E-state index contributed by atoms with van der Waals surface area (Å²) in [7, 11) is 0. The summed E-state index contributed by atoms with van der Waals surface area (Å²) in [5, 5.41) is 3.65. The molecular weight excluding hydrogens is 343 g/mol. The number of rotatable bonds is 4. The number of anilines is 1. The largest absolute Gasteiger partial charge is 0.376 e. The van der Waals surface area contributed by atoms with Crippen LogP contribution in [-0.2, 0) is 0 Å². The molecule has 0 saturated heterocycles. The summed E-state index contributed by atoms with van der Waals surface area (Å²) >= 11 is 9.60. The third-order valence-corrected chi connectivity index (χ3v) is 4.04. The van der Waals surface area contributed by atoms with Gasteiger partial charge < -0.3 is 11.1 Å². The third kappa shape index (κ3) is 3.51. The van der Waals surface area contributed by atoms with E-state index >= 15 is 0 Å². The second-order valence-corrected chi connectivity index (χ2v) is 5.84. The van der Waals surface area contributed by atoms with Crippen molar-refractivity contribution in [1.29, 1.82) is 0 Å². The summed E-state index contributed by atoms with van der Waals surface area (Å²) in [5.74, 6) is -0.337. The number of hydrogen-bond acceptors (Lipinski definition) is 2. The maximum atomic E-state index is 13.3. The summed E-state index contributed by atoms with van der Waals surface area (Å²) in [6, 6.07) is 10.1. The smallest absolute Gasteiger partial charge is 0.125 e. The number of nitrogens with two attached hydrogens (primary N) is 1. The SMILES string of the molecule is Cc1ccc(C(CN)Nc2cc(F)ccc2Cl)c(Br)c1. The van der Waals surface area contributed by atoms with Gasteiger partial charge in [-0.3, -0.25) is 0 Å². The average Bonchev–Trinajstić information content (AvgIpc) is 2.40. The predicted octanol–water partition coefficient (Wildman–Crippen LogP) is 4.66. The molecule has 2 aromatic carbocycles. The Balaban J connectivity index is 2.31. The zero-order valence-electron chi connectivity index (χ0n) is 11.0. The van der Waals surface area contributed by atoms with E-state index in [0.717, 1.165) is 15.6 Å². The molecule has 0 heterocycles. The Morgan fingerprint density at radius 3 is 2.70 bits per heavy atom. The number of nitrogens with one attached hydrogen (secondary N) is 1. The molecule has 2 aromatic rings. The lowest BCUT2D eigenvalue weighted by Gasteiger charge is -2.21. The van der Waals surface area contributed by atoms with Crippen LogP contribution in [-0.4, -0.2) is 6.54 Å².